The predicted octanol–water partition coefficient (Wildman–Crippen LogP) is 4.81. The van der Waals surface area contributed by atoms with Gasteiger partial charge >= 0.3 is 6.18 Å². The average Bonchev–Trinajstić information content (AvgIpc) is 2.74. The van der Waals surface area contributed by atoms with E-state index in [1.807, 2.05) is 0 Å². The Morgan fingerprint density at radius 2 is 1.88 bits per heavy atom. The molecule has 2 heterocycles. The Balaban J connectivity index is 1.78. The molecule has 0 spiro atoms. The molecule has 0 aromatic carbocycles. The fraction of sp³-hybridized carbons (Fsp3) is 0.714. The molecule has 2 aliphatic rings. The van der Waals surface area contributed by atoms with Gasteiger partial charge in [0.05, 0.1) is 22.2 Å². The lowest BCUT2D eigenvalue weighted by Gasteiger charge is -2.50. The van der Waals surface area contributed by atoms with E-state index in [4.69, 9.17) is 23.2 Å². The van der Waals surface area contributed by atoms with Crippen molar-refractivity contribution < 1.29 is 37.0 Å². The molecule has 2 fully saturated rings. The fourth-order valence-corrected chi connectivity index (χ4v) is 5.92. The number of aromatic nitrogens is 1. The number of fused-ring (bicyclic) bond motifs is 1. The molecule has 1 saturated heterocycles. The summed E-state index contributed by atoms with van der Waals surface area (Å²) in [6.07, 6.45) is -10.0. The van der Waals surface area contributed by atoms with Crippen LogP contribution in [0.25, 0.3) is 0 Å². The van der Waals surface area contributed by atoms with Gasteiger partial charge < -0.3 is 15.1 Å². The van der Waals surface area contributed by atoms with E-state index in [1.165, 1.54) is 0 Å². The minimum atomic E-state index is -4.70. The second-order valence-electron chi connectivity index (χ2n) is 8.77. The molecule has 186 valence electrons. The van der Waals surface area contributed by atoms with Gasteiger partial charge in [-0.25, -0.2) is 8.78 Å². The van der Waals surface area contributed by atoms with Crippen molar-refractivity contribution in [1.82, 2.24) is 9.88 Å². The second-order valence-corrected chi connectivity index (χ2v) is 9.55. The molecule has 33 heavy (non-hydrogen) atoms. The van der Waals surface area contributed by atoms with E-state index in [-0.39, 0.29) is 52.9 Å². The largest absolute Gasteiger partial charge is 0.414 e. The van der Waals surface area contributed by atoms with Crippen LogP contribution >= 0.6 is 23.2 Å². The number of carbonyl (C=O) groups excluding carboxylic acids is 1. The van der Waals surface area contributed by atoms with Crippen LogP contribution in [0.5, 0.6) is 0 Å². The quantitative estimate of drug-likeness (QED) is 0.548. The first-order valence-corrected chi connectivity index (χ1v) is 11.4. The van der Waals surface area contributed by atoms with Crippen molar-refractivity contribution in [2.45, 2.75) is 69.9 Å². The van der Waals surface area contributed by atoms with Gasteiger partial charge in [0.25, 0.3) is 6.43 Å². The number of carbonyl (C=O) groups is 1. The molecule has 1 aliphatic carbocycles. The van der Waals surface area contributed by atoms with Gasteiger partial charge in [0.15, 0.2) is 12.2 Å². The molecule has 2 N–H and O–H groups in total. The van der Waals surface area contributed by atoms with E-state index >= 15 is 0 Å². The van der Waals surface area contributed by atoms with Crippen LogP contribution in [-0.2, 0) is 11.2 Å². The molecule has 6 atom stereocenters. The zero-order chi connectivity index (χ0) is 24.7. The molecule has 5 nitrogen and oxygen atoms in total. The Kier molecular flexibility index (Phi) is 8.13. The zero-order valence-corrected chi connectivity index (χ0v) is 19.2. The summed E-state index contributed by atoms with van der Waals surface area (Å²) in [4.78, 5) is 18.3. The summed E-state index contributed by atoms with van der Waals surface area (Å²) in [6, 6.07) is -0.384. The van der Waals surface area contributed by atoms with E-state index in [1.54, 1.807) is 11.8 Å². The summed E-state index contributed by atoms with van der Waals surface area (Å²) >= 11 is 12.2. The number of aliphatic hydroxyl groups is 2. The number of piperidine rings is 1. The number of nitrogens with zero attached hydrogens (tertiary/aromatic N) is 2. The number of likely N-dealkylation sites (tertiary alicyclic amines) is 1. The number of aliphatic hydroxyl groups excluding tert-OH is 2. The van der Waals surface area contributed by atoms with Gasteiger partial charge in [0.2, 0.25) is 5.91 Å². The lowest BCUT2D eigenvalue weighted by Crippen LogP contribution is -2.55. The van der Waals surface area contributed by atoms with Crippen LogP contribution in [0.2, 0.25) is 10.0 Å². The maximum absolute atomic E-state index is 13.1. The monoisotopic (exact) mass is 518 g/mol. The maximum Gasteiger partial charge on any atom is 0.414 e. The minimum Gasteiger partial charge on any atom is -0.383 e. The van der Waals surface area contributed by atoms with Gasteiger partial charge in [-0.1, -0.05) is 29.6 Å². The van der Waals surface area contributed by atoms with Gasteiger partial charge in [-0.3, -0.25) is 9.78 Å². The Bertz CT molecular complexity index is 873. The van der Waals surface area contributed by atoms with Gasteiger partial charge in [0.1, 0.15) is 0 Å². The van der Waals surface area contributed by atoms with Crippen LogP contribution in [0.3, 0.4) is 0 Å². The molecule has 1 aliphatic heterocycles. The number of halogens is 7. The van der Waals surface area contributed by atoms with E-state index in [9.17, 15) is 37.0 Å². The van der Waals surface area contributed by atoms with Gasteiger partial charge in [0, 0.05) is 24.3 Å². The lowest BCUT2D eigenvalue weighted by molar-refractivity contribution is -0.233. The first-order valence-electron chi connectivity index (χ1n) is 10.7. The Morgan fingerprint density at radius 1 is 1.21 bits per heavy atom. The van der Waals surface area contributed by atoms with Gasteiger partial charge in [-0.15, -0.1) is 0 Å². The van der Waals surface area contributed by atoms with Crippen LogP contribution in [0.15, 0.2) is 6.20 Å². The number of amides is 1. The first kappa shape index (κ1) is 26.4. The van der Waals surface area contributed by atoms with Crippen LogP contribution in [-0.4, -0.2) is 57.3 Å². The maximum atomic E-state index is 13.1. The van der Waals surface area contributed by atoms with E-state index in [0.717, 1.165) is 6.20 Å². The first-order chi connectivity index (χ1) is 15.3. The third kappa shape index (κ3) is 5.39. The number of pyridine rings is 1. The van der Waals surface area contributed by atoms with Crippen molar-refractivity contribution in [1.29, 1.82) is 0 Å². The van der Waals surface area contributed by atoms with Crippen molar-refractivity contribution in [3.8, 4) is 0 Å². The third-order valence-electron chi connectivity index (χ3n) is 6.99. The molecule has 0 unspecified atom stereocenters. The Morgan fingerprint density at radius 3 is 2.48 bits per heavy atom. The Hall–Kier alpha value is -1.23. The number of hydrogen-bond acceptors (Lipinski definition) is 4. The molecule has 1 saturated carbocycles. The molecule has 1 amide bonds. The van der Waals surface area contributed by atoms with Crippen LogP contribution < -0.4 is 0 Å². The SMILES string of the molecule is C[C@H]1[C@H]2CCC[C@@H]([C@H](O)C(F)(F)F)[C@@H]2CCN1C(=O)Cc1c(Cl)cnc([C@@H](O)C(F)F)c1Cl. The second kappa shape index (κ2) is 10.2. The molecule has 0 radical (unpaired) electrons. The summed E-state index contributed by atoms with van der Waals surface area (Å²) in [5.41, 5.74) is -0.432. The topological polar surface area (TPSA) is 73.7 Å². The van der Waals surface area contributed by atoms with Crippen LogP contribution in [0, 0.1) is 17.8 Å². The highest BCUT2D eigenvalue weighted by molar-refractivity contribution is 6.36. The summed E-state index contributed by atoms with van der Waals surface area (Å²) in [5.74, 6) is -1.90. The molecule has 1 aromatic heterocycles. The van der Waals surface area contributed by atoms with E-state index in [0.29, 0.717) is 19.3 Å². The molecule has 1 aromatic rings. The minimum absolute atomic E-state index is 0.0212. The Labute approximate surface area is 197 Å². The van der Waals surface area contributed by atoms with Crippen molar-refractivity contribution in [3.63, 3.8) is 0 Å². The number of rotatable bonds is 5. The zero-order valence-electron chi connectivity index (χ0n) is 17.7. The molecule has 3 rings (SSSR count). The van der Waals surface area contributed by atoms with Gasteiger partial charge in [-0.2, -0.15) is 13.2 Å². The van der Waals surface area contributed by atoms with Crippen LogP contribution in [0.4, 0.5) is 22.0 Å². The van der Waals surface area contributed by atoms with Crippen molar-refractivity contribution in [2.75, 3.05) is 6.54 Å². The summed E-state index contributed by atoms with van der Waals surface area (Å²) < 4.78 is 65.2. The predicted molar refractivity (Wildman–Crippen MR) is 111 cm³/mol. The summed E-state index contributed by atoms with van der Waals surface area (Å²) in [7, 11) is 0. The highest BCUT2D eigenvalue weighted by Crippen LogP contribution is 2.47. The molecular formula is C21H25Cl2F5N2O3. The lowest BCUT2D eigenvalue weighted by atomic mass is 9.64. The van der Waals surface area contributed by atoms with Crippen molar-refractivity contribution in [3.05, 3.63) is 27.5 Å². The average molecular weight is 519 g/mol. The standard InChI is InChI=1S/C21H25Cl2F5N2O3/c1-9-10-3-2-4-12(19(33)21(26,27)28)11(10)5-6-30(9)15(31)7-13-14(22)8-29-17(16(13)23)18(32)20(24)25/h8-12,18-20,32-33H,2-7H2,1H3/t9-,10+,11+,12+,18+,19-/m0/s1. The molecule has 0 bridgehead atoms. The highest BCUT2D eigenvalue weighted by Gasteiger charge is 2.51. The van der Waals surface area contributed by atoms with E-state index < -0.39 is 42.3 Å². The highest BCUT2D eigenvalue weighted by atomic mass is 35.5. The van der Waals surface area contributed by atoms with E-state index in [2.05, 4.69) is 4.98 Å². The smallest absolute Gasteiger partial charge is 0.383 e. The molecular weight excluding hydrogens is 494 g/mol. The summed E-state index contributed by atoms with van der Waals surface area (Å²) in [5, 5.41) is 19.2. The number of hydrogen-bond donors (Lipinski definition) is 2. The van der Waals surface area contributed by atoms with Gasteiger partial charge in [-0.05, 0) is 43.9 Å². The molecule has 12 heteroatoms. The number of alkyl halides is 5. The van der Waals surface area contributed by atoms with Crippen LogP contribution in [0.1, 0.15) is 50.0 Å². The normalized spacial score (nSPS) is 27.9. The third-order valence-corrected chi connectivity index (χ3v) is 7.74. The fourth-order valence-electron chi connectivity index (χ4n) is 5.33. The van der Waals surface area contributed by atoms with Crippen molar-refractivity contribution >= 4 is 29.1 Å². The summed E-state index contributed by atoms with van der Waals surface area (Å²) in [6.45, 7) is 1.95. The van der Waals surface area contributed by atoms with Crippen molar-refractivity contribution in [2.24, 2.45) is 17.8 Å².